The molecule has 32 heavy (non-hydrogen) atoms. The Morgan fingerprint density at radius 1 is 1.00 bits per heavy atom. The lowest BCUT2D eigenvalue weighted by Gasteiger charge is -2.20. The summed E-state index contributed by atoms with van der Waals surface area (Å²) < 4.78 is 5.85. The zero-order valence-electron chi connectivity index (χ0n) is 18.7. The van der Waals surface area contributed by atoms with E-state index in [0.29, 0.717) is 32.2 Å². The number of hydrogen-bond donors (Lipinski definition) is 1. The van der Waals surface area contributed by atoms with Crippen LogP contribution in [-0.4, -0.2) is 40.5 Å². The van der Waals surface area contributed by atoms with Gasteiger partial charge in [-0.05, 0) is 63.7 Å². The zero-order valence-corrected chi connectivity index (χ0v) is 20.9. The Balaban J connectivity index is 1.75. The number of nitrogens with one attached hydrogen (secondary N) is 1. The molecule has 1 atom stereocenters. The predicted molar refractivity (Wildman–Crippen MR) is 135 cm³/mol. The van der Waals surface area contributed by atoms with E-state index in [9.17, 15) is 0 Å². The molecule has 0 aliphatic carbocycles. The molecule has 0 aliphatic heterocycles. The molecule has 172 valence electrons. The molecule has 1 aromatic heterocycles. The van der Waals surface area contributed by atoms with Crippen molar-refractivity contribution in [2.24, 2.45) is 0 Å². The Kier molecular flexibility index (Phi) is 9.23. The van der Waals surface area contributed by atoms with Crippen LogP contribution in [0.15, 0.2) is 36.4 Å². The summed E-state index contributed by atoms with van der Waals surface area (Å²) in [6.45, 7) is 10.0. The fourth-order valence-electron chi connectivity index (χ4n) is 3.52. The van der Waals surface area contributed by atoms with Crippen LogP contribution in [0.3, 0.4) is 0 Å². The van der Waals surface area contributed by atoms with Gasteiger partial charge in [-0.1, -0.05) is 54.7 Å². The summed E-state index contributed by atoms with van der Waals surface area (Å²) >= 11 is 18.5. The van der Waals surface area contributed by atoms with E-state index >= 15 is 0 Å². The molecular formula is C24H29Cl3N4O. The molecule has 2 aromatic carbocycles. The topological polar surface area (TPSA) is 50.3 Å². The predicted octanol–water partition coefficient (Wildman–Crippen LogP) is 7.09. The molecule has 1 unspecified atom stereocenters. The molecule has 3 rings (SSSR count). The van der Waals surface area contributed by atoms with Crippen molar-refractivity contribution in [3.63, 3.8) is 0 Å². The minimum absolute atomic E-state index is 0.185. The van der Waals surface area contributed by atoms with Crippen molar-refractivity contribution in [2.45, 2.75) is 46.3 Å². The number of fused-ring (bicyclic) bond motifs is 1. The molecule has 0 radical (unpaired) electrons. The SMILES string of the molecule is CCN(CC)CCCC(C)Nc1nc(COc2ccc(Cl)c(Cl)c2)nc2c(Cl)cccc12. The lowest BCUT2D eigenvalue weighted by Crippen LogP contribution is -2.26. The van der Waals surface area contributed by atoms with Crippen molar-refractivity contribution in [2.75, 3.05) is 25.0 Å². The molecule has 3 aromatic rings. The van der Waals surface area contributed by atoms with Crippen LogP contribution in [0, 0.1) is 0 Å². The Hall–Kier alpha value is -1.79. The Morgan fingerprint density at radius 2 is 1.78 bits per heavy atom. The summed E-state index contributed by atoms with van der Waals surface area (Å²) in [7, 11) is 0. The second-order valence-electron chi connectivity index (χ2n) is 7.70. The zero-order chi connectivity index (χ0) is 23.1. The highest BCUT2D eigenvalue weighted by atomic mass is 35.5. The number of ether oxygens (including phenoxy) is 1. The summed E-state index contributed by atoms with van der Waals surface area (Å²) in [4.78, 5) is 11.8. The fraction of sp³-hybridized carbons (Fsp3) is 0.417. The van der Waals surface area contributed by atoms with Crippen molar-refractivity contribution >= 4 is 51.5 Å². The number of rotatable bonds is 11. The van der Waals surface area contributed by atoms with Gasteiger partial charge in [0.25, 0.3) is 0 Å². The highest BCUT2D eigenvalue weighted by Crippen LogP contribution is 2.29. The van der Waals surface area contributed by atoms with Crippen LogP contribution in [0.1, 0.15) is 39.4 Å². The molecule has 0 spiro atoms. The highest BCUT2D eigenvalue weighted by Gasteiger charge is 2.13. The van der Waals surface area contributed by atoms with Gasteiger partial charge < -0.3 is 15.0 Å². The van der Waals surface area contributed by atoms with E-state index in [-0.39, 0.29) is 12.6 Å². The minimum Gasteiger partial charge on any atom is -0.486 e. The van der Waals surface area contributed by atoms with Crippen LogP contribution in [0.25, 0.3) is 10.9 Å². The van der Waals surface area contributed by atoms with Crippen molar-refractivity contribution in [1.29, 1.82) is 0 Å². The van der Waals surface area contributed by atoms with Crippen LogP contribution in [0.2, 0.25) is 15.1 Å². The van der Waals surface area contributed by atoms with Crippen LogP contribution >= 0.6 is 34.8 Å². The van der Waals surface area contributed by atoms with Gasteiger partial charge in [-0.3, -0.25) is 0 Å². The summed E-state index contributed by atoms with van der Waals surface area (Å²) in [6, 6.07) is 11.1. The molecule has 8 heteroatoms. The van der Waals surface area contributed by atoms with Gasteiger partial charge in [0.05, 0.1) is 20.6 Å². The molecule has 1 heterocycles. The monoisotopic (exact) mass is 494 g/mol. The third-order valence-electron chi connectivity index (χ3n) is 5.37. The second kappa shape index (κ2) is 11.9. The number of anilines is 1. The van der Waals surface area contributed by atoms with Gasteiger partial charge in [0, 0.05) is 17.5 Å². The van der Waals surface area contributed by atoms with Crippen molar-refractivity contribution < 1.29 is 4.74 Å². The molecule has 0 amide bonds. The third kappa shape index (κ3) is 6.61. The average molecular weight is 496 g/mol. The molecule has 0 saturated heterocycles. The first-order chi connectivity index (χ1) is 15.4. The molecule has 0 fully saturated rings. The van der Waals surface area contributed by atoms with Crippen molar-refractivity contribution in [1.82, 2.24) is 14.9 Å². The smallest absolute Gasteiger partial charge is 0.168 e. The highest BCUT2D eigenvalue weighted by molar-refractivity contribution is 6.42. The summed E-state index contributed by atoms with van der Waals surface area (Å²) in [6.07, 6.45) is 2.16. The van der Waals surface area contributed by atoms with Crippen LogP contribution in [0.4, 0.5) is 5.82 Å². The first-order valence-electron chi connectivity index (χ1n) is 10.9. The summed E-state index contributed by atoms with van der Waals surface area (Å²) in [5, 5.41) is 5.95. The molecule has 5 nitrogen and oxygen atoms in total. The minimum atomic E-state index is 0.185. The quantitative estimate of drug-likeness (QED) is 0.308. The van der Waals surface area contributed by atoms with E-state index in [1.54, 1.807) is 18.2 Å². The lowest BCUT2D eigenvalue weighted by molar-refractivity contribution is 0.294. The van der Waals surface area contributed by atoms with Crippen LogP contribution < -0.4 is 10.1 Å². The number of hydrogen-bond acceptors (Lipinski definition) is 5. The van der Waals surface area contributed by atoms with E-state index in [1.165, 1.54) is 0 Å². The van der Waals surface area contributed by atoms with Gasteiger partial charge in [0.1, 0.15) is 18.2 Å². The van der Waals surface area contributed by atoms with Crippen molar-refractivity contribution in [3.05, 3.63) is 57.3 Å². The Morgan fingerprint density at radius 3 is 2.50 bits per heavy atom. The largest absolute Gasteiger partial charge is 0.486 e. The molecule has 1 N–H and O–H groups in total. The first-order valence-corrected chi connectivity index (χ1v) is 12.1. The maximum Gasteiger partial charge on any atom is 0.168 e. The van der Waals surface area contributed by atoms with E-state index in [1.807, 2.05) is 18.2 Å². The molecular weight excluding hydrogens is 467 g/mol. The molecule has 0 saturated carbocycles. The Labute approximate surface area is 205 Å². The van der Waals surface area contributed by atoms with Gasteiger partial charge in [-0.25, -0.2) is 9.97 Å². The van der Waals surface area contributed by atoms with Crippen LogP contribution in [-0.2, 0) is 6.61 Å². The number of halogens is 3. The van der Waals surface area contributed by atoms with Gasteiger partial charge in [-0.15, -0.1) is 0 Å². The van der Waals surface area contributed by atoms with E-state index in [4.69, 9.17) is 44.5 Å². The van der Waals surface area contributed by atoms with Gasteiger partial charge >= 0.3 is 0 Å². The van der Waals surface area contributed by atoms with Crippen molar-refractivity contribution in [3.8, 4) is 5.75 Å². The van der Waals surface area contributed by atoms with E-state index in [2.05, 4.69) is 36.0 Å². The molecule has 0 aliphatic rings. The third-order valence-corrected chi connectivity index (χ3v) is 6.42. The lowest BCUT2D eigenvalue weighted by atomic mass is 10.1. The molecule has 0 bridgehead atoms. The summed E-state index contributed by atoms with van der Waals surface area (Å²) in [5.74, 6) is 1.90. The van der Waals surface area contributed by atoms with Gasteiger partial charge in [0.2, 0.25) is 0 Å². The summed E-state index contributed by atoms with van der Waals surface area (Å²) in [5.41, 5.74) is 0.703. The first kappa shape index (κ1) is 24.8. The number of nitrogens with zero attached hydrogens (tertiary/aromatic N) is 3. The average Bonchev–Trinajstić information content (AvgIpc) is 2.78. The van der Waals surface area contributed by atoms with Gasteiger partial charge in [0.15, 0.2) is 5.82 Å². The van der Waals surface area contributed by atoms with Crippen LogP contribution in [0.5, 0.6) is 5.75 Å². The van der Waals surface area contributed by atoms with E-state index in [0.717, 1.165) is 43.7 Å². The second-order valence-corrected chi connectivity index (χ2v) is 8.93. The maximum absolute atomic E-state index is 6.45. The number of para-hydroxylation sites is 1. The standard InChI is InChI=1S/C24H29Cl3N4O/c1-4-31(5-2)13-7-8-16(3)28-24-18-9-6-10-20(26)23(18)29-22(30-24)15-32-17-11-12-19(25)21(27)14-17/h6,9-12,14,16H,4-5,7-8,13,15H2,1-3H3,(H,28,29,30). The Bertz CT molecular complexity index is 1040. The maximum atomic E-state index is 6.45. The van der Waals surface area contributed by atoms with E-state index < -0.39 is 0 Å². The fourth-order valence-corrected chi connectivity index (χ4v) is 4.02. The number of benzene rings is 2. The normalized spacial score (nSPS) is 12.3. The van der Waals surface area contributed by atoms with Gasteiger partial charge in [-0.2, -0.15) is 0 Å². The number of aromatic nitrogens is 2.